The highest BCUT2D eigenvalue weighted by Gasteiger charge is 2.33. The molecule has 0 unspecified atom stereocenters. The molecule has 3 heterocycles. The number of furan rings is 1. The van der Waals surface area contributed by atoms with Crippen molar-refractivity contribution in [3.05, 3.63) is 74.7 Å². The van der Waals surface area contributed by atoms with Crippen molar-refractivity contribution in [1.29, 1.82) is 5.26 Å². The molecule has 0 amide bonds. The van der Waals surface area contributed by atoms with Crippen LogP contribution in [0.3, 0.4) is 0 Å². The van der Waals surface area contributed by atoms with E-state index in [2.05, 4.69) is 6.07 Å². The van der Waals surface area contributed by atoms with Gasteiger partial charge in [-0.25, -0.2) is 0 Å². The second kappa shape index (κ2) is 6.04. The Kier molecular flexibility index (Phi) is 3.58. The molecular weight excluding hydrogens is 372 g/mol. The fourth-order valence-electron chi connectivity index (χ4n) is 4.08. The lowest BCUT2D eigenvalue weighted by Gasteiger charge is -2.26. The molecule has 1 aromatic heterocycles. The minimum Gasteiger partial charge on any atom is -0.465 e. The molecule has 2 aromatic carbocycles. The van der Waals surface area contributed by atoms with Crippen LogP contribution in [0.1, 0.15) is 28.6 Å². The molecule has 3 aromatic rings. The molecule has 0 saturated carbocycles. The van der Waals surface area contributed by atoms with Crippen molar-refractivity contribution < 1.29 is 18.6 Å². The van der Waals surface area contributed by atoms with Gasteiger partial charge in [-0.05, 0) is 37.6 Å². The number of benzene rings is 1. The molecule has 7 nitrogen and oxygen atoms in total. The first kappa shape index (κ1) is 17.2. The summed E-state index contributed by atoms with van der Waals surface area (Å²) in [5.41, 5.74) is 7.66. The van der Waals surface area contributed by atoms with Crippen LogP contribution in [0.2, 0.25) is 0 Å². The Morgan fingerprint density at radius 3 is 2.62 bits per heavy atom. The minimum absolute atomic E-state index is 0.000805. The van der Waals surface area contributed by atoms with Crippen LogP contribution < -0.4 is 25.4 Å². The summed E-state index contributed by atoms with van der Waals surface area (Å²) in [5.74, 6) is 2.20. The molecule has 2 N–H and O–H groups in total. The van der Waals surface area contributed by atoms with E-state index in [-0.39, 0.29) is 23.7 Å². The number of fused-ring (bicyclic) bond motifs is 4. The normalized spacial score (nSPS) is 17.1. The maximum atomic E-state index is 12.7. The van der Waals surface area contributed by atoms with Gasteiger partial charge >= 0.3 is 0 Å². The summed E-state index contributed by atoms with van der Waals surface area (Å²) in [6.45, 7) is 3.66. The van der Waals surface area contributed by atoms with Gasteiger partial charge in [0, 0.05) is 5.56 Å². The summed E-state index contributed by atoms with van der Waals surface area (Å²) in [6.07, 6.45) is 0. The monoisotopic (exact) mass is 388 g/mol. The van der Waals surface area contributed by atoms with Gasteiger partial charge in [0.15, 0.2) is 16.9 Å². The van der Waals surface area contributed by atoms with E-state index in [4.69, 9.17) is 24.4 Å². The lowest BCUT2D eigenvalue weighted by Crippen LogP contribution is -2.20. The quantitative estimate of drug-likeness (QED) is 0.681. The molecule has 5 rings (SSSR count). The molecule has 1 atom stereocenters. The van der Waals surface area contributed by atoms with Gasteiger partial charge < -0.3 is 24.4 Å². The highest BCUT2D eigenvalue weighted by molar-refractivity contribution is 5.93. The Labute approximate surface area is 165 Å². The number of allylic oxidation sites excluding steroid dienone is 1. The van der Waals surface area contributed by atoms with Crippen LogP contribution in [-0.2, 0) is 0 Å². The minimum atomic E-state index is -0.525. The average molecular weight is 388 g/mol. The van der Waals surface area contributed by atoms with Gasteiger partial charge in [0.25, 0.3) is 0 Å². The summed E-state index contributed by atoms with van der Waals surface area (Å²) >= 11 is 0. The number of ether oxygens (including phenoxy) is 3. The van der Waals surface area contributed by atoms with Crippen molar-refractivity contribution in [2.24, 2.45) is 5.73 Å². The summed E-state index contributed by atoms with van der Waals surface area (Å²) in [5, 5.41) is 10.8. The van der Waals surface area contributed by atoms with Crippen LogP contribution in [0.15, 0.2) is 51.0 Å². The Morgan fingerprint density at radius 1 is 1.07 bits per heavy atom. The molecule has 0 aliphatic carbocycles. The Bertz CT molecular complexity index is 1330. The first-order valence-electron chi connectivity index (χ1n) is 9.03. The third-order valence-electron chi connectivity index (χ3n) is 5.34. The third-order valence-corrected chi connectivity index (χ3v) is 5.34. The standard InChI is InChI=1S/C22H16N2O5/c1-10-18-15(25)5-4-13-20(12-3-6-16-17(7-12)27-9-26-16)14(8-23)22(24)29-21(13)19(18)11(2)28-10/h3-7,20H,9,24H2,1-2H3/t20-/m1/s1. The second-order valence-corrected chi connectivity index (χ2v) is 6.98. The number of hydrogen-bond acceptors (Lipinski definition) is 7. The van der Waals surface area contributed by atoms with Gasteiger partial charge in [-0.3, -0.25) is 4.79 Å². The zero-order valence-corrected chi connectivity index (χ0v) is 15.7. The topological polar surface area (TPSA) is 108 Å². The van der Waals surface area contributed by atoms with E-state index in [1.54, 1.807) is 26.0 Å². The van der Waals surface area contributed by atoms with Crippen molar-refractivity contribution in [3.8, 4) is 23.3 Å². The number of nitriles is 1. The molecule has 29 heavy (non-hydrogen) atoms. The van der Waals surface area contributed by atoms with E-state index in [9.17, 15) is 10.1 Å². The van der Waals surface area contributed by atoms with E-state index < -0.39 is 5.92 Å². The zero-order chi connectivity index (χ0) is 20.3. The highest BCUT2D eigenvalue weighted by Crippen LogP contribution is 2.47. The predicted octanol–water partition coefficient (Wildman–Crippen LogP) is 3.36. The van der Waals surface area contributed by atoms with Crippen LogP contribution in [0.4, 0.5) is 0 Å². The van der Waals surface area contributed by atoms with E-state index in [1.165, 1.54) is 6.07 Å². The first-order chi connectivity index (χ1) is 14.0. The summed E-state index contributed by atoms with van der Waals surface area (Å²) in [6, 6.07) is 10.8. The predicted molar refractivity (Wildman–Crippen MR) is 104 cm³/mol. The van der Waals surface area contributed by atoms with Gasteiger partial charge in [-0.2, -0.15) is 5.26 Å². The molecule has 0 bridgehead atoms. The zero-order valence-electron chi connectivity index (χ0n) is 15.7. The smallest absolute Gasteiger partial charge is 0.231 e. The van der Waals surface area contributed by atoms with E-state index in [1.807, 2.05) is 12.1 Å². The number of hydrogen-bond donors (Lipinski definition) is 1. The van der Waals surface area contributed by atoms with Gasteiger partial charge in [0.1, 0.15) is 28.9 Å². The Morgan fingerprint density at radius 2 is 1.83 bits per heavy atom. The average Bonchev–Trinajstić information content (AvgIpc) is 3.24. The molecular formula is C22H16N2O5. The van der Waals surface area contributed by atoms with Crippen molar-refractivity contribution in [3.63, 3.8) is 0 Å². The van der Waals surface area contributed by atoms with Gasteiger partial charge in [-0.15, -0.1) is 0 Å². The number of rotatable bonds is 1. The summed E-state index contributed by atoms with van der Waals surface area (Å²) in [7, 11) is 0. The van der Waals surface area contributed by atoms with Gasteiger partial charge in [-0.1, -0.05) is 12.1 Å². The van der Waals surface area contributed by atoms with Crippen LogP contribution >= 0.6 is 0 Å². The molecule has 7 heteroatoms. The van der Waals surface area contributed by atoms with Crippen molar-refractivity contribution in [1.82, 2.24) is 0 Å². The SMILES string of the molecule is Cc1oc(C)c2c(=O)ccc3c(c12)OC(N)=C(C#N)[C@@H]3c1ccc2c(c1)OCO2. The van der Waals surface area contributed by atoms with E-state index in [0.717, 1.165) is 5.56 Å². The molecule has 2 aliphatic heterocycles. The second-order valence-electron chi connectivity index (χ2n) is 6.98. The number of aryl methyl sites for hydroxylation is 2. The molecule has 2 aliphatic rings. The number of nitrogens with zero attached hydrogens (tertiary/aromatic N) is 1. The highest BCUT2D eigenvalue weighted by atomic mass is 16.7. The fourth-order valence-corrected chi connectivity index (χ4v) is 4.08. The van der Waals surface area contributed by atoms with Gasteiger partial charge in [0.2, 0.25) is 12.7 Å². The van der Waals surface area contributed by atoms with Gasteiger partial charge in [0.05, 0.1) is 16.7 Å². The Balaban J connectivity index is 1.86. The van der Waals surface area contributed by atoms with E-state index in [0.29, 0.717) is 45.1 Å². The lowest BCUT2D eigenvalue weighted by atomic mass is 9.83. The van der Waals surface area contributed by atoms with Crippen LogP contribution in [0.5, 0.6) is 17.2 Å². The van der Waals surface area contributed by atoms with Crippen molar-refractivity contribution in [2.75, 3.05) is 6.79 Å². The lowest BCUT2D eigenvalue weighted by molar-refractivity contribution is 0.174. The number of nitrogens with two attached hydrogens (primary N) is 1. The summed E-state index contributed by atoms with van der Waals surface area (Å²) in [4.78, 5) is 12.7. The maximum absolute atomic E-state index is 12.7. The Hall–Kier alpha value is -3.92. The summed E-state index contributed by atoms with van der Waals surface area (Å²) < 4.78 is 22.5. The molecule has 144 valence electrons. The van der Waals surface area contributed by atoms with Crippen LogP contribution in [0.25, 0.3) is 10.8 Å². The molecule has 0 saturated heterocycles. The van der Waals surface area contributed by atoms with Crippen LogP contribution in [0, 0.1) is 25.2 Å². The molecule has 0 radical (unpaired) electrons. The van der Waals surface area contributed by atoms with Crippen LogP contribution in [-0.4, -0.2) is 6.79 Å². The maximum Gasteiger partial charge on any atom is 0.231 e. The van der Waals surface area contributed by atoms with Crippen molar-refractivity contribution in [2.45, 2.75) is 19.8 Å². The fraction of sp³-hybridized carbons (Fsp3) is 0.182. The van der Waals surface area contributed by atoms with E-state index >= 15 is 0 Å². The molecule has 0 spiro atoms. The largest absolute Gasteiger partial charge is 0.465 e. The third kappa shape index (κ3) is 2.39. The first-order valence-corrected chi connectivity index (χ1v) is 9.03. The molecule has 0 fully saturated rings. The van der Waals surface area contributed by atoms with Crippen molar-refractivity contribution >= 4 is 10.8 Å².